The van der Waals surface area contributed by atoms with E-state index in [1.54, 1.807) is 0 Å². The van der Waals surface area contributed by atoms with E-state index in [2.05, 4.69) is 9.88 Å². The number of aromatic nitrogens is 1. The van der Waals surface area contributed by atoms with E-state index in [1.165, 1.54) is 5.56 Å². The Morgan fingerprint density at radius 3 is 2.96 bits per heavy atom. The predicted octanol–water partition coefficient (Wildman–Crippen LogP) is 3.14. The van der Waals surface area contributed by atoms with Gasteiger partial charge in [0.25, 0.3) is 0 Å². The molecule has 1 aromatic carbocycles. The van der Waals surface area contributed by atoms with Gasteiger partial charge in [-0.1, -0.05) is 6.07 Å². The molecule has 0 atom stereocenters. The number of aryl methyl sites for hydroxylation is 2. The first-order chi connectivity index (χ1) is 12.0. The quantitative estimate of drug-likeness (QED) is 0.831. The molecule has 0 radical (unpaired) electrons. The normalized spacial score (nSPS) is 13.6. The van der Waals surface area contributed by atoms with Crippen LogP contribution in [-0.4, -0.2) is 35.8 Å². The fourth-order valence-electron chi connectivity index (χ4n) is 3.33. The largest absolute Gasteiger partial charge is 0.493 e. The maximum atomic E-state index is 10.9. The molecule has 0 aliphatic carbocycles. The van der Waals surface area contributed by atoms with Crippen molar-refractivity contribution >= 4 is 11.7 Å². The molecule has 0 saturated carbocycles. The molecule has 0 unspecified atom stereocenters. The highest BCUT2D eigenvalue weighted by Crippen LogP contribution is 2.34. The van der Waals surface area contributed by atoms with Crippen LogP contribution in [0.4, 0.5) is 5.69 Å². The zero-order valence-electron chi connectivity index (χ0n) is 14.7. The Morgan fingerprint density at radius 1 is 1.40 bits per heavy atom. The topological polar surface area (TPSA) is 75.8 Å². The number of carboxylic acids is 1. The maximum absolute atomic E-state index is 10.9. The number of fused-ring (bicyclic) bond motifs is 1. The summed E-state index contributed by atoms with van der Waals surface area (Å²) in [7, 11) is 0. The predicted molar refractivity (Wildman–Crippen MR) is 94.4 cm³/mol. The fraction of sp³-hybridized carbons (Fsp3) is 0.474. The highest BCUT2D eigenvalue weighted by molar-refractivity contribution is 5.68. The lowest BCUT2D eigenvalue weighted by molar-refractivity contribution is -0.136. The van der Waals surface area contributed by atoms with Crippen molar-refractivity contribution in [3.8, 4) is 5.75 Å². The molecule has 2 aromatic rings. The van der Waals surface area contributed by atoms with Crippen LogP contribution in [-0.2, 0) is 17.6 Å². The standard InChI is InChI=1S/C19H24N2O4/c1-13-16(20-14(2)25-13)9-12-24-18-7-3-6-17-15(18)5-4-10-21(17)11-8-19(22)23/h3,6-7H,4-5,8-12H2,1-2H3,(H,22,23). The first-order valence-electron chi connectivity index (χ1n) is 8.69. The summed E-state index contributed by atoms with van der Waals surface area (Å²) in [5.74, 6) is 1.64. The highest BCUT2D eigenvalue weighted by atomic mass is 16.5. The van der Waals surface area contributed by atoms with E-state index in [1.807, 2.05) is 32.0 Å². The molecular formula is C19H24N2O4. The van der Waals surface area contributed by atoms with Crippen molar-refractivity contribution in [3.63, 3.8) is 0 Å². The van der Waals surface area contributed by atoms with E-state index < -0.39 is 5.97 Å². The van der Waals surface area contributed by atoms with Crippen LogP contribution in [0.5, 0.6) is 5.75 Å². The lowest BCUT2D eigenvalue weighted by atomic mass is 10.0. The number of ether oxygens (including phenoxy) is 1. The lowest BCUT2D eigenvalue weighted by Crippen LogP contribution is -2.31. The second-order valence-electron chi connectivity index (χ2n) is 6.32. The van der Waals surface area contributed by atoms with Gasteiger partial charge < -0.3 is 19.2 Å². The Bertz CT molecular complexity index is 754. The summed E-state index contributed by atoms with van der Waals surface area (Å²) in [5, 5.41) is 8.93. The SMILES string of the molecule is Cc1nc(CCOc2cccc3c2CCCN3CCC(=O)O)c(C)o1. The van der Waals surface area contributed by atoms with E-state index in [9.17, 15) is 4.79 Å². The van der Waals surface area contributed by atoms with Gasteiger partial charge in [-0.05, 0) is 31.9 Å². The summed E-state index contributed by atoms with van der Waals surface area (Å²) < 4.78 is 11.5. The molecule has 0 fully saturated rings. The van der Waals surface area contributed by atoms with Crippen LogP contribution < -0.4 is 9.64 Å². The van der Waals surface area contributed by atoms with Gasteiger partial charge in [-0.2, -0.15) is 0 Å². The van der Waals surface area contributed by atoms with Crippen molar-refractivity contribution in [1.29, 1.82) is 0 Å². The Morgan fingerprint density at radius 2 is 2.24 bits per heavy atom. The first kappa shape index (κ1) is 17.3. The van der Waals surface area contributed by atoms with E-state index >= 15 is 0 Å². The third-order valence-corrected chi connectivity index (χ3v) is 4.50. The second-order valence-corrected chi connectivity index (χ2v) is 6.32. The minimum atomic E-state index is -0.766. The molecule has 0 bridgehead atoms. The molecule has 1 N–H and O–H groups in total. The van der Waals surface area contributed by atoms with Crippen LogP contribution >= 0.6 is 0 Å². The van der Waals surface area contributed by atoms with Crippen LogP contribution in [0.25, 0.3) is 0 Å². The summed E-state index contributed by atoms with van der Waals surface area (Å²) in [6.45, 7) is 5.72. The van der Waals surface area contributed by atoms with Gasteiger partial charge in [-0.25, -0.2) is 4.98 Å². The summed E-state index contributed by atoms with van der Waals surface area (Å²) in [6.07, 6.45) is 2.82. The van der Waals surface area contributed by atoms with Crippen molar-refractivity contribution < 1.29 is 19.1 Å². The minimum Gasteiger partial charge on any atom is -0.493 e. The van der Waals surface area contributed by atoms with E-state index in [4.69, 9.17) is 14.3 Å². The smallest absolute Gasteiger partial charge is 0.305 e. The molecule has 1 aliphatic heterocycles. The van der Waals surface area contributed by atoms with Gasteiger partial charge in [0.15, 0.2) is 5.89 Å². The Kier molecular flexibility index (Phi) is 5.26. The maximum Gasteiger partial charge on any atom is 0.305 e. The monoisotopic (exact) mass is 344 g/mol. The average Bonchev–Trinajstić information content (AvgIpc) is 2.90. The molecule has 134 valence electrons. The van der Waals surface area contributed by atoms with Gasteiger partial charge >= 0.3 is 5.97 Å². The summed E-state index contributed by atoms with van der Waals surface area (Å²) in [5.41, 5.74) is 3.20. The number of hydrogen-bond donors (Lipinski definition) is 1. The number of anilines is 1. The molecule has 25 heavy (non-hydrogen) atoms. The molecule has 1 aromatic heterocycles. The number of carbonyl (C=O) groups is 1. The Balaban J connectivity index is 1.67. The minimum absolute atomic E-state index is 0.148. The number of rotatable bonds is 7. The molecule has 0 saturated heterocycles. The van der Waals surface area contributed by atoms with Crippen molar-refractivity contribution in [2.75, 3.05) is 24.6 Å². The van der Waals surface area contributed by atoms with Crippen LogP contribution in [0.1, 0.15) is 35.7 Å². The number of nitrogens with zero attached hydrogens (tertiary/aromatic N) is 2. The summed E-state index contributed by atoms with van der Waals surface area (Å²) >= 11 is 0. The first-order valence-corrected chi connectivity index (χ1v) is 8.69. The van der Waals surface area contributed by atoms with Gasteiger partial charge in [-0.15, -0.1) is 0 Å². The molecule has 6 nitrogen and oxygen atoms in total. The van der Waals surface area contributed by atoms with Crippen LogP contribution in [0, 0.1) is 13.8 Å². The summed E-state index contributed by atoms with van der Waals surface area (Å²) in [6, 6.07) is 6.01. The van der Waals surface area contributed by atoms with Gasteiger partial charge in [-0.3, -0.25) is 4.79 Å². The molecule has 6 heteroatoms. The lowest BCUT2D eigenvalue weighted by Gasteiger charge is -2.32. The van der Waals surface area contributed by atoms with E-state index in [-0.39, 0.29) is 6.42 Å². The zero-order chi connectivity index (χ0) is 17.8. The van der Waals surface area contributed by atoms with Gasteiger partial charge in [0.1, 0.15) is 11.5 Å². The van der Waals surface area contributed by atoms with Crippen molar-refractivity contribution in [2.24, 2.45) is 0 Å². The van der Waals surface area contributed by atoms with Crippen molar-refractivity contribution in [3.05, 3.63) is 41.1 Å². The molecule has 0 spiro atoms. The third-order valence-electron chi connectivity index (χ3n) is 4.50. The van der Waals surface area contributed by atoms with Crippen molar-refractivity contribution in [1.82, 2.24) is 4.98 Å². The number of hydrogen-bond acceptors (Lipinski definition) is 5. The molecule has 2 heterocycles. The molecular weight excluding hydrogens is 320 g/mol. The van der Waals surface area contributed by atoms with Gasteiger partial charge in [0.05, 0.1) is 18.7 Å². The summed E-state index contributed by atoms with van der Waals surface area (Å²) in [4.78, 5) is 17.4. The van der Waals surface area contributed by atoms with Crippen LogP contribution in [0.15, 0.2) is 22.6 Å². The number of oxazole rings is 1. The van der Waals surface area contributed by atoms with Gasteiger partial charge in [0, 0.05) is 37.7 Å². The third kappa shape index (κ3) is 4.13. The van der Waals surface area contributed by atoms with Crippen LogP contribution in [0.3, 0.4) is 0 Å². The highest BCUT2D eigenvalue weighted by Gasteiger charge is 2.20. The molecule has 3 rings (SSSR count). The number of aliphatic carboxylic acids is 1. The molecule has 0 amide bonds. The average molecular weight is 344 g/mol. The molecule has 1 aliphatic rings. The van der Waals surface area contributed by atoms with E-state index in [0.717, 1.165) is 42.3 Å². The van der Waals surface area contributed by atoms with Gasteiger partial charge in [0.2, 0.25) is 0 Å². The number of benzene rings is 1. The zero-order valence-corrected chi connectivity index (χ0v) is 14.7. The van der Waals surface area contributed by atoms with Crippen LogP contribution in [0.2, 0.25) is 0 Å². The Hall–Kier alpha value is -2.50. The second kappa shape index (κ2) is 7.59. The van der Waals surface area contributed by atoms with Crippen molar-refractivity contribution in [2.45, 2.75) is 39.5 Å². The van der Waals surface area contributed by atoms with E-state index in [0.29, 0.717) is 25.5 Å². The number of carboxylic acid groups (broad SMARTS) is 1. The fourth-order valence-corrected chi connectivity index (χ4v) is 3.33. The Labute approximate surface area is 147 Å².